The first-order valence-electron chi connectivity index (χ1n) is 4.43. The van der Waals surface area contributed by atoms with Crippen LogP contribution in [0.1, 0.15) is 15.4 Å². The summed E-state index contributed by atoms with van der Waals surface area (Å²) in [6, 6.07) is 7.28. The van der Waals surface area contributed by atoms with Gasteiger partial charge >= 0.3 is 5.97 Å². The Morgan fingerprint density at radius 1 is 1.33 bits per heavy atom. The average molecular weight is 219 g/mol. The minimum absolute atomic E-state index is 0.352. The summed E-state index contributed by atoms with van der Waals surface area (Å²) in [6.45, 7) is 1.92. The van der Waals surface area contributed by atoms with Gasteiger partial charge in [-0.05, 0) is 25.1 Å². The van der Waals surface area contributed by atoms with Crippen molar-refractivity contribution < 1.29 is 9.90 Å². The average Bonchev–Trinajstić information content (AvgIpc) is 2.68. The number of nitrogens with zero attached hydrogens (tertiary/aromatic N) is 1. The van der Waals surface area contributed by atoms with Crippen LogP contribution in [0.25, 0.3) is 10.4 Å². The maximum absolute atomic E-state index is 10.7. The Balaban J connectivity index is 2.37. The molecule has 2 heterocycles. The number of aryl methyl sites for hydroxylation is 1. The van der Waals surface area contributed by atoms with Crippen molar-refractivity contribution in [1.82, 2.24) is 4.98 Å². The lowest BCUT2D eigenvalue weighted by molar-refractivity contribution is 0.0702. The van der Waals surface area contributed by atoms with E-state index in [1.54, 1.807) is 18.3 Å². The van der Waals surface area contributed by atoms with Crippen molar-refractivity contribution in [3.05, 3.63) is 41.0 Å². The Kier molecular flexibility index (Phi) is 2.51. The van der Waals surface area contributed by atoms with Gasteiger partial charge in [-0.2, -0.15) is 0 Å². The van der Waals surface area contributed by atoms with Crippen LogP contribution in [-0.4, -0.2) is 16.1 Å². The molecule has 2 aromatic heterocycles. The highest BCUT2D eigenvalue weighted by Crippen LogP contribution is 2.27. The van der Waals surface area contributed by atoms with Gasteiger partial charge in [-0.15, -0.1) is 11.3 Å². The van der Waals surface area contributed by atoms with Gasteiger partial charge in [0, 0.05) is 22.3 Å². The molecule has 0 aromatic carbocycles. The van der Waals surface area contributed by atoms with Crippen molar-refractivity contribution in [3.63, 3.8) is 0 Å². The molecule has 76 valence electrons. The number of carboxylic acid groups (broad SMARTS) is 1. The summed E-state index contributed by atoms with van der Waals surface area (Å²) in [5.41, 5.74) is 1.91. The number of hydrogen-bond acceptors (Lipinski definition) is 3. The standard InChI is InChI=1S/C11H9NO2S/c1-7-2-3-8(6-12-7)9-4-5-10(15-9)11(13)14/h2-6H,1H3,(H,13,14). The Morgan fingerprint density at radius 2 is 2.13 bits per heavy atom. The van der Waals surface area contributed by atoms with Crippen LogP contribution in [0.4, 0.5) is 0 Å². The minimum Gasteiger partial charge on any atom is -0.477 e. The minimum atomic E-state index is -0.883. The van der Waals surface area contributed by atoms with Crippen molar-refractivity contribution in [3.8, 4) is 10.4 Å². The van der Waals surface area contributed by atoms with E-state index in [-0.39, 0.29) is 0 Å². The predicted molar refractivity (Wildman–Crippen MR) is 59.2 cm³/mol. The summed E-state index contributed by atoms with van der Waals surface area (Å²) >= 11 is 1.26. The number of carbonyl (C=O) groups is 1. The van der Waals surface area contributed by atoms with E-state index in [4.69, 9.17) is 5.11 Å². The van der Waals surface area contributed by atoms with Crippen molar-refractivity contribution in [2.24, 2.45) is 0 Å². The summed E-state index contributed by atoms with van der Waals surface area (Å²) in [5.74, 6) is -0.883. The molecule has 0 aliphatic heterocycles. The van der Waals surface area contributed by atoms with Gasteiger partial charge in [-0.25, -0.2) is 4.79 Å². The lowest BCUT2D eigenvalue weighted by atomic mass is 10.2. The normalized spacial score (nSPS) is 10.2. The van der Waals surface area contributed by atoms with Gasteiger partial charge in [-0.1, -0.05) is 6.07 Å². The fourth-order valence-electron chi connectivity index (χ4n) is 1.22. The number of rotatable bonds is 2. The largest absolute Gasteiger partial charge is 0.477 e. The van der Waals surface area contributed by atoms with E-state index >= 15 is 0 Å². The molecule has 0 aliphatic rings. The molecule has 1 N–H and O–H groups in total. The van der Waals surface area contributed by atoms with Crippen molar-refractivity contribution in [2.75, 3.05) is 0 Å². The zero-order chi connectivity index (χ0) is 10.8. The second-order valence-corrected chi connectivity index (χ2v) is 4.24. The van der Waals surface area contributed by atoms with Crippen molar-refractivity contribution in [1.29, 1.82) is 0 Å². The molecule has 0 saturated heterocycles. The Hall–Kier alpha value is -1.68. The van der Waals surface area contributed by atoms with E-state index in [0.29, 0.717) is 4.88 Å². The molecule has 0 radical (unpaired) electrons. The lowest BCUT2D eigenvalue weighted by Crippen LogP contribution is -1.89. The van der Waals surface area contributed by atoms with Crippen molar-refractivity contribution >= 4 is 17.3 Å². The number of aromatic nitrogens is 1. The number of thiophene rings is 1. The van der Waals surface area contributed by atoms with Gasteiger partial charge in [0.1, 0.15) is 4.88 Å². The van der Waals surface area contributed by atoms with Crippen LogP contribution < -0.4 is 0 Å². The number of aromatic carboxylic acids is 1. The number of pyridine rings is 1. The van der Waals surface area contributed by atoms with E-state index in [9.17, 15) is 4.79 Å². The first kappa shape index (κ1) is 9.86. The zero-order valence-corrected chi connectivity index (χ0v) is 8.91. The molecule has 0 spiro atoms. The molecule has 0 atom stereocenters. The summed E-state index contributed by atoms with van der Waals surface area (Å²) < 4.78 is 0. The molecule has 0 unspecified atom stereocenters. The molecule has 0 amide bonds. The van der Waals surface area contributed by atoms with E-state index in [2.05, 4.69) is 4.98 Å². The Bertz CT molecular complexity index is 488. The van der Waals surface area contributed by atoms with E-state index in [0.717, 1.165) is 16.1 Å². The van der Waals surface area contributed by atoms with Crippen LogP contribution in [0, 0.1) is 6.92 Å². The third-order valence-electron chi connectivity index (χ3n) is 2.01. The second kappa shape index (κ2) is 3.82. The summed E-state index contributed by atoms with van der Waals surface area (Å²) in [4.78, 5) is 16.1. The molecule has 0 saturated carbocycles. The monoisotopic (exact) mass is 219 g/mol. The highest BCUT2D eigenvalue weighted by atomic mass is 32.1. The van der Waals surface area contributed by atoms with E-state index < -0.39 is 5.97 Å². The summed E-state index contributed by atoms with van der Waals surface area (Å²) in [7, 11) is 0. The molecule has 2 rings (SSSR count). The second-order valence-electron chi connectivity index (χ2n) is 3.16. The van der Waals surface area contributed by atoms with Crippen LogP contribution in [0.15, 0.2) is 30.5 Å². The molecule has 0 aliphatic carbocycles. The zero-order valence-electron chi connectivity index (χ0n) is 8.10. The molecule has 4 heteroatoms. The SMILES string of the molecule is Cc1ccc(-c2ccc(C(=O)O)s2)cn1. The predicted octanol–water partition coefficient (Wildman–Crippen LogP) is 2.82. The molecule has 2 aromatic rings. The van der Waals surface area contributed by atoms with Gasteiger partial charge in [-0.3, -0.25) is 4.98 Å². The lowest BCUT2D eigenvalue weighted by Gasteiger charge is -1.96. The quantitative estimate of drug-likeness (QED) is 0.844. The Morgan fingerprint density at radius 3 is 2.67 bits per heavy atom. The first-order chi connectivity index (χ1) is 7.16. The van der Waals surface area contributed by atoms with Crippen LogP contribution in [0.3, 0.4) is 0 Å². The van der Waals surface area contributed by atoms with Gasteiger partial charge in [0.15, 0.2) is 0 Å². The van der Waals surface area contributed by atoms with Gasteiger partial charge < -0.3 is 5.11 Å². The molecule has 3 nitrogen and oxygen atoms in total. The molecule has 0 bridgehead atoms. The van der Waals surface area contributed by atoms with Crippen LogP contribution in [0.2, 0.25) is 0 Å². The number of carboxylic acids is 1. The maximum Gasteiger partial charge on any atom is 0.345 e. The summed E-state index contributed by atoms with van der Waals surface area (Å²) in [6.07, 6.45) is 1.76. The summed E-state index contributed by atoms with van der Waals surface area (Å²) in [5, 5.41) is 8.78. The first-order valence-corrected chi connectivity index (χ1v) is 5.24. The van der Waals surface area contributed by atoms with Crippen LogP contribution in [-0.2, 0) is 0 Å². The fraction of sp³-hybridized carbons (Fsp3) is 0.0909. The number of hydrogen-bond donors (Lipinski definition) is 1. The van der Waals surface area contributed by atoms with E-state index in [1.165, 1.54) is 11.3 Å². The topological polar surface area (TPSA) is 50.2 Å². The molecule has 0 fully saturated rings. The fourth-order valence-corrected chi connectivity index (χ4v) is 2.06. The third-order valence-corrected chi connectivity index (χ3v) is 3.13. The Labute approximate surface area is 91.0 Å². The third kappa shape index (κ3) is 2.05. The molecular weight excluding hydrogens is 210 g/mol. The molecular formula is C11H9NO2S. The maximum atomic E-state index is 10.7. The van der Waals surface area contributed by atoms with Gasteiger partial charge in [0.2, 0.25) is 0 Å². The van der Waals surface area contributed by atoms with Crippen LogP contribution in [0.5, 0.6) is 0 Å². The van der Waals surface area contributed by atoms with Crippen LogP contribution >= 0.6 is 11.3 Å². The van der Waals surface area contributed by atoms with E-state index in [1.807, 2.05) is 19.1 Å². The van der Waals surface area contributed by atoms with Gasteiger partial charge in [0.05, 0.1) is 0 Å². The highest BCUT2D eigenvalue weighted by molar-refractivity contribution is 7.17. The van der Waals surface area contributed by atoms with Crippen molar-refractivity contribution in [2.45, 2.75) is 6.92 Å². The molecule has 15 heavy (non-hydrogen) atoms. The smallest absolute Gasteiger partial charge is 0.345 e. The van der Waals surface area contributed by atoms with Gasteiger partial charge in [0.25, 0.3) is 0 Å². The highest BCUT2D eigenvalue weighted by Gasteiger charge is 2.08.